The Hall–Kier alpha value is -4.35. The van der Waals surface area contributed by atoms with Crippen molar-refractivity contribution >= 4 is 41.4 Å². The van der Waals surface area contributed by atoms with Crippen molar-refractivity contribution < 1.29 is 78.4 Å². The number of amides is 1. The van der Waals surface area contributed by atoms with Gasteiger partial charge in [0.05, 0.1) is 0 Å². The van der Waals surface area contributed by atoms with Gasteiger partial charge in [-0.15, -0.1) is 0 Å². The predicted octanol–water partition coefficient (Wildman–Crippen LogP) is 5.07. The van der Waals surface area contributed by atoms with Crippen LogP contribution < -0.4 is 4.90 Å². The number of halogens is 10. The molecule has 3 aliphatic rings. The highest BCUT2D eigenvalue weighted by atomic mass is 35.5. The van der Waals surface area contributed by atoms with Gasteiger partial charge in [0.1, 0.15) is 11.5 Å². The second-order valence-corrected chi connectivity index (χ2v) is 13.8. The Labute approximate surface area is 331 Å². The maximum absolute atomic E-state index is 13.1. The van der Waals surface area contributed by atoms with Gasteiger partial charge < -0.3 is 39.3 Å². The number of likely N-dealkylation sites (tertiary alicyclic amines) is 1. The number of carbonyl (C=O) groups is 4. The van der Waals surface area contributed by atoms with Gasteiger partial charge in [0.2, 0.25) is 5.91 Å². The van der Waals surface area contributed by atoms with E-state index in [9.17, 15) is 44.3 Å². The molecule has 0 spiro atoms. The van der Waals surface area contributed by atoms with Gasteiger partial charge >= 0.3 is 36.4 Å². The van der Waals surface area contributed by atoms with Gasteiger partial charge in [-0.05, 0) is 58.1 Å². The minimum Gasteiger partial charge on any atom is -0.475 e. The summed E-state index contributed by atoms with van der Waals surface area (Å²) < 4.78 is 102. The van der Waals surface area contributed by atoms with E-state index in [2.05, 4.69) is 33.7 Å². The van der Waals surface area contributed by atoms with Crippen LogP contribution in [0.5, 0.6) is 0 Å². The van der Waals surface area contributed by atoms with Crippen molar-refractivity contribution in [2.24, 2.45) is 5.92 Å². The molecule has 328 valence electrons. The number of benzene rings is 1. The number of piperazine rings is 2. The maximum atomic E-state index is 13.1. The quantitative estimate of drug-likeness (QED) is 0.316. The van der Waals surface area contributed by atoms with Gasteiger partial charge in [0.25, 0.3) is 6.01 Å². The number of aryl methyl sites for hydroxylation is 1. The van der Waals surface area contributed by atoms with Crippen molar-refractivity contribution in [3.8, 4) is 11.3 Å². The van der Waals surface area contributed by atoms with E-state index in [1.807, 2.05) is 29.2 Å². The normalized spacial score (nSPS) is 17.5. The molecule has 5 rings (SSSR count). The van der Waals surface area contributed by atoms with E-state index in [0.717, 1.165) is 75.3 Å². The molecular weight excluding hydrogens is 827 g/mol. The van der Waals surface area contributed by atoms with Crippen LogP contribution in [0.3, 0.4) is 0 Å². The number of aliphatic carboxylic acids is 3. The third-order valence-corrected chi connectivity index (χ3v) is 9.20. The molecule has 3 fully saturated rings. The van der Waals surface area contributed by atoms with E-state index >= 15 is 0 Å². The average Bonchev–Trinajstić information content (AvgIpc) is 3.56. The van der Waals surface area contributed by atoms with E-state index in [-0.39, 0.29) is 5.91 Å². The molecule has 0 bridgehead atoms. The first kappa shape index (κ1) is 49.8. The van der Waals surface area contributed by atoms with Gasteiger partial charge in [-0.3, -0.25) is 9.69 Å². The van der Waals surface area contributed by atoms with Crippen LogP contribution in [-0.2, 0) is 25.6 Å². The molecular formula is C34H44ClF9N6O8. The van der Waals surface area contributed by atoms with Crippen LogP contribution in [0.25, 0.3) is 11.3 Å². The summed E-state index contributed by atoms with van der Waals surface area (Å²) in [6.07, 6.45) is -11.7. The zero-order chi connectivity index (χ0) is 44.0. The molecule has 0 saturated carbocycles. The van der Waals surface area contributed by atoms with Crippen LogP contribution in [0, 0.1) is 5.92 Å². The average molecular weight is 871 g/mol. The first-order valence-corrected chi connectivity index (χ1v) is 17.9. The van der Waals surface area contributed by atoms with E-state index < -0.39 is 36.4 Å². The summed E-state index contributed by atoms with van der Waals surface area (Å²) in [5.74, 6) is -6.48. The van der Waals surface area contributed by atoms with Crippen molar-refractivity contribution in [1.82, 2.24) is 24.6 Å². The Bertz CT molecular complexity index is 1560. The molecule has 3 aliphatic heterocycles. The molecule has 0 aliphatic carbocycles. The molecule has 2 aromatic rings. The lowest BCUT2D eigenvalue weighted by Gasteiger charge is -2.38. The summed E-state index contributed by atoms with van der Waals surface area (Å²) in [6.45, 7) is 10.9. The highest BCUT2D eigenvalue weighted by Crippen LogP contribution is 2.31. The maximum Gasteiger partial charge on any atom is 0.490 e. The van der Waals surface area contributed by atoms with E-state index in [4.69, 9.17) is 50.7 Å². The molecule has 24 heteroatoms. The number of rotatable bonds is 7. The van der Waals surface area contributed by atoms with Crippen LogP contribution in [0.15, 0.2) is 28.7 Å². The number of carboxylic acid groups (broad SMARTS) is 3. The zero-order valence-electron chi connectivity index (χ0n) is 31.3. The summed E-state index contributed by atoms with van der Waals surface area (Å²) in [5, 5.41) is 22.1. The van der Waals surface area contributed by atoms with Crippen LogP contribution in [0.2, 0.25) is 5.02 Å². The van der Waals surface area contributed by atoms with Crippen LogP contribution in [-0.4, -0.2) is 168 Å². The first-order valence-electron chi connectivity index (χ1n) is 17.6. The Kier molecular flexibility index (Phi) is 19.0. The van der Waals surface area contributed by atoms with Crippen molar-refractivity contribution in [2.75, 3.05) is 91.0 Å². The molecule has 4 heterocycles. The third-order valence-electron chi connectivity index (χ3n) is 8.95. The van der Waals surface area contributed by atoms with E-state index in [1.165, 1.54) is 32.5 Å². The zero-order valence-corrected chi connectivity index (χ0v) is 32.1. The molecule has 14 nitrogen and oxygen atoms in total. The number of oxazole rings is 1. The van der Waals surface area contributed by atoms with Gasteiger partial charge in [-0.25, -0.2) is 14.4 Å². The van der Waals surface area contributed by atoms with Crippen LogP contribution >= 0.6 is 11.6 Å². The number of likely N-dealkylation sites (N-methyl/N-ethyl adjacent to an activating group) is 1. The lowest BCUT2D eigenvalue weighted by molar-refractivity contribution is -0.193. The van der Waals surface area contributed by atoms with Crippen molar-refractivity contribution in [1.29, 1.82) is 0 Å². The molecule has 1 aromatic carbocycles. The molecule has 3 saturated heterocycles. The Morgan fingerprint density at radius 1 is 0.707 bits per heavy atom. The number of alkyl halides is 9. The van der Waals surface area contributed by atoms with Crippen molar-refractivity contribution in [2.45, 2.75) is 44.2 Å². The summed E-state index contributed by atoms with van der Waals surface area (Å²) in [7, 11) is 4.35. The Morgan fingerprint density at radius 2 is 1.14 bits per heavy atom. The SMILES string of the molecule is CN1CCC(CN2CCN(C(=O)CCc3oc(N4CCN(C)CC4)nc3-c3ccc(Cl)cc3)CC2)CC1.O=C(O)C(F)(F)F.O=C(O)C(F)(F)F.O=C(O)C(F)(F)F. The highest BCUT2D eigenvalue weighted by molar-refractivity contribution is 6.30. The summed E-state index contributed by atoms with van der Waals surface area (Å²) >= 11 is 6.13. The molecule has 3 N–H and O–H groups in total. The molecule has 1 aromatic heterocycles. The molecule has 0 radical (unpaired) electrons. The number of aromatic nitrogens is 1. The lowest BCUT2D eigenvalue weighted by Crippen LogP contribution is -2.50. The number of hydrogen-bond acceptors (Lipinski definition) is 10. The second-order valence-electron chi connectivity index (χ2n) is 13.4. The fraction of sp³-hybridized carbons (Fsp3) is 0.618. The summed E-state index contributed by atoms with van der Waals surface area (Å²) in [4.78, 5) is 56.2. The van der Waals surface area contributed by atoms with E-state index in [1.54, 1.807) is 0 Å². The van der Waals surface area contributed by atoms with Gasteiger partial charge in [-0.2, -0.15) is 44.5 Å². The number of hydrogen-bond donors (Lipinski definition) is 3. The Morgan fingerprint density at radius 3 is 1.57 bits per heavy atom. The molecule has 58 heavy (non-hydrogen) atoms. The number of anilines is 1. The third kappa shape index (κ3) is 17.6. The first-order chi connectivity index (χ1) is 26.8. The minimum atomic E-state index is -5.08. The van der Waals surface area contributed by atoms with Gasteiger partial charge in [0, 0.05) is 82.3 Å². The standard InChI is InChI=1S/C28H41ClN6O2.3C2HF3O2/c1-31-11-9-22(10-12-31)21-33-15-19-34(20-16-33)26(36)8-7-25-27(23-3-5-24(29)6-4-23)30-28(37-25)35-17-13-32(2)14-18-35;3*3-2(4,5)1(6)7/h3-6,22H,7-21H2,1-2H3;3*(H,6,7). The van der Waals surface area contributed by atoms with Gasteiger partial charge in [-0.1, -0.05) is 23.7 Å². The number of carbonyl (C=O) groups excluding carboxylic acids is 1. The van der Waals surface area contributed by atoms with E-state index in [0.29, 0.717) is 23.9 Å². The summed E-state index contributed by atoms with van der Waals surface area (Å²) in [5.41, 5.74) is 1.79. The van der Waals surface area contributed by atoms with Crippen LogP contribution in [0.4, 0.5) is 45.5 Å². The Balaban J connectivity index is 0.000000453. The molecule has 0 unspecified atom stereocenters. The monoisotopic (exact) mass is 870 g/mol. The largest absolute Gasteiger partial charge is 0.490 e. The van der Waals surface area contributed by atoms with Crippen LogP contribution in [0.1, 0.15) is 25.0 Å². The number of nitrogens with zero attached hydrogens (tertiary/aromatic N) is 6. The predicted molar refractivity (Wildman–Crippen MR) is 189 cm³/mol. The van der Waals surface area contributed by atoms with Crippen molar-refractivity contribution in [3.05, 3.63) is 35.0 Å². The lowest BCUT2D eigenvalue weighted by atomic mass is 9.96. The fourth-order valence-electron chi connectivity index (χ4n) is 5.64. The van der Waals surface area contributed by atoms with Crippen molar-refractivity contribution in [3.63, 3.8) is 0 Å². The second kappa shape index (κ2) is 22.1. The minimum absolute atomic E-state index is 0.207. The number of carboxylic acids is 3. The molecule has 1 amide bonds. The summed E-state index contributed by atoms with van der Waals surface area (Å²) in [6, 6.07) is 8.36. The smallest absolute Gasteiger partial charge is 0.475 e. The van der Waals surface area contributed by atoms with Gasteiger partial charge in [0.15, 0.2) is 0 Å². The molecule has 0 atom stereocenters. The topological polar surface area (TPSA) is 171 Å². The fourth-order valence-corrected chi connectivity index (χ4v) is 5.77. The highest BCUT2D eigenvalue weighted by Gasteiger charge is 2.39. The number of piperidine rings is 1.